The van der Waals surface area contributed by atoms with Gasteiger partial charge in [0.05, 0.1) is 25.8 Å². The van der Waals surface area contributed by atoms with Crippen LogP contribution in [-0.4, -0.2) is 80.3 Å². The summed E-state index contributed by atoms with van der Waals surface area (Å²) in [4.78, 5) is 63.2. The van der Waals surface area contributed by atoms with E-state index in [1.807, 2.05) is 48.9 Å². The number of nitrogens with zero attached hydrogens (tertiary/aromatic N) is 4. The van der Waals surface area contributed by atoms with Gasteiger partial charge in [-0.3, -0.25) is 39.4 Å². The number of piperidine rings is 1. The van der Waals surface area contributed by atoms with Crippen molar-refractivity contribution >= 4 is 35.0 Å². The third-order valence-electron chi connectivity index (χ3n) is 12.7. The van der Waals surface area contributed by atoms with Gasteiger partial charge in [-0.05, 0) is 127 Å². The van der Waals surface area contributed by atoms with Crippen LogP contribution in [0.5, 0.6) is 5.75 Å². The van der Waals surface area contributed by atoms with Gasteiger partial charge in [-0.1, -0.05) is 30.3 Å². The fourth-order valence-corrected chi connectivity index (χ4v) is 9.57. The Hall–Kier alpha value is -6.44. The molecule has 13 nitrogen and oxygen atoms in total. The van der Waals surface area contributed by atoms with Gasteiger partial charge in [0.15, 0.2) is 0 Å². The zero-order valence-electron chi connectivity index (χ0n) is 34.6. The Morgan fingerprint density at radius 3 is 2.58 bits per heavy atom. The topological polar surface area (TPSA) is 166 Å². The van der Waals surface area contributed by atoms with Crippen LogP contribution in [0.25, 0.3) is 11.1 Å². The van der Waals surface area contributed by atoms with Crippen molar-refractivity contribution in [1.82, 2.24) is 25.1 Å². The lowest BCUT2D eigenvalue weighted by molar-refractivity contribution is -0.137. The van der Waals surface area contributed by atoms with E-state index in [2.05, 4.69) is 73.3 Å². The Balaban J connectivity index is 0.740. The third kappa shape index (κ3) is 8.81. The number of carbonyl (C=O) groups excluding carboxylic acids is 4. The molecule has 5 aromatic rings. The van der Waals surface area contributed by atoms with Gasteiger partial charge in [0, 0.05) is 78.1 Å². The summed E-state index contributed by atoms with van der Waals surface area (Å²) in [6.07, 6.45) is 10.3. The van der Waals surface area contributed by atoms with Crippen molar-refractivity contribution in [2.45, 2.75) is 82.6 Å². The van der Waals surface area contributed by atoms with Crippen LogP contribution in [0.3, 0.4) is 0 Å². The minimum atomic E-state index is -0.665. The van der Waals surface area contributed by atoms with E-state index in [9.17, 15) is 24.3 Å². The number of amides is 4. The van der Waals surface area contributed by atoms with Crippen molar-refractivity contribution in [2.75, 3.05) is 30.4 Å². The molecule has 2 aromatic heterocycles. The number of pyridine rings is 2. The van der Waals surface area contributed by atoms with Gasteiger partial charge in [0.1, 0.15) is 11.8 Å². The molecule has 4 N–H and O–H groups in total. The first kappa shape index (κ1) is 40.9. The number of nitrogens with one attached hydrogen (secondary N) is 3. The van der Waals surface area contributed by atoms with Crippen molar-refractivity contribution in [3.8, 4) is 16.9 Å². The molecule has 4 atom stereocenters. The van der Waals surface area contributed by atoms with Crippen LogP contribution in [0.15, 0.2) is 104 Å². The van der Waals surface area contributed by atoms with E-state index in [0.717, 1.165) is 71.7 Å². The smallest absolute Gasteiger partial charge is 0.255 e. The number of aryl methyl sites for hydroxylation is 2. The van der Waals surface area contributed by atoms with Crippen molar-refractivity contribution < 1.29 is 29.0 Å². The normalized spacial score (nSPS) is 20.5. The van der Waals surface area contributed by atoms with Gasteiger partial charge in [-0.15, -0.1) is 0 Å². The Kier molecular flexibility index (Phi) is 12.1. The van der Waals surface area contributed by atoms with E-state index in [4.69, 9.17) is 4.74 Å². The highest BCUT2D eigenvalue weighted by Crippen LogP contribution is 2.48. The van der Waals surface area contributed by atoms with Crippen LogP contribution < -0.4 is 20.7 Å². The van der Waals surface area contributed by atoms with E-state index >= 15 is 0 Å². The number of carbonyl (C=O) groups is 4. The van der Waals surface area contributed by atoms with Crippen LogP contribution in [0, 0.1) is 5.92 Å². The number of rotatable bonds is 15. The Morgan fingerprint density at radius 1 is 0.903 bits per heavy atom. The first-order valence-corrected chi connectivity index (χ1v) is 21.7. The number of hydrogen-bond donors (Lipinski definition) is 4. The molecule has 0 saturated carbocycles. The second kappa shape index (κ2) is 18.3. The maximum Gasteiger partial charge on any atom is 0.255 e. The summed E-state index contributed by atoms with van der Waals surface area (Å²) in [5.74, 6) is -0.0664. The number of benzene rings is 3. The number of ether oxygens (including phenoxy) is 1. The molecule has 2 fully saturated rings. The van der Waals surface area contributed by atoms with E-state index < -0.39 is 11.9 Å². The van der Waals surface area contributed by atoms with Crippen LogP contribution in [0.2, 0.25) is 0 Å². The second-order valence-corrected chi connectivity index (χ2v) is 16.7. The summed E-state index contributed by atoms with van der Waals surface area (Å²) in [5, 5.41) is 19.3. The molecular weight excluding hydrogens is 783 g/mol. The third-order valence-corrected chi connectivity index (χ3v) is 12.7. The van der Waals surface area contributed by atoms with Gasteiger partial charge in [0.2, 0.25) is 17.7 Å². The monoisotopic (exact) mass is 833 g/mol. The summed E-state index contributed by atoms with van der Waals surface area (Å²) in [7, 11) is 0. The molecule has 62 heavy (non-hydrogen) atoms. The Morgan fingerprint density at radius 2 is 1.76 bits per heavy atom. The number of aliphatic hydroxyl groups is 1. The molecule has 0 bridgehead atoms. The van der Waals surface area contributed by atoms with Crippen LogP contribution in [0.4, 0.5) is 11.4 Å². The fraction of sp³-hybridized carbons (Fsp3) is 0.347. The summed E-state index contributed by atoms with van der Waals surface area (Å²) in [6, 6.07) is 27.6. The molecule has 6 heterocycles. The van der Waals surface area contributed by atoms with Crippen LogP contribution >= 0.6 is 0 Å². The minimum absolute atomic E-state index is 0.00912. The fourth-order valence-electron chi connectivity index (χ4n) is 9.57. The standard InChI is InChI=1S/C49H51N7O6/c57-30-42-38-20-23-55(28-32-18-21-50-22-19-32)47(38)39-26-34(13-15-41(39)53-42)33-6-1-8-36(25-33)52-45(58)11-2-7-35-14-12-31(27-51-35)5-4-24-62-44-10-3-9-37-40(44)29-56(49(37)61)43-16-17-46(59)54-48(43)60/h1,3,6,8-10,12-15,18-19,21-22,25-27,38,42-43,47,53,57H,2,4-5,7,11,16-17,20,23-24,28-30H2,(H,52,58)(H,54,59,60)/t38-,42-,43?,47-/m1/s1. The van der Waals surface area contributed by atoms with E-state index in [1.54, 1.807) is 12.1 Å². The molecule has 2 saturated heterocycles. The first-order valence-electron chi connectivity index (χ1n) is 21.7. The number of fused-ring (bicyclic) bond motifs is 4. The molecule has 3 aromatic carbocycles. The van der Waals surface area contributed by atoms with Crippen LogP contribution in [-0.2, 0) is 40.3 Å². The van der Waals surface area contributed by atoms with Gasteiger partial charge in [-0.2, -0.15) is 0 Å². The van der Waals surface area contributed by atoms with E-state index in [1.165, 1.54) is 16.0 Å². The maximum atomic E-state index is 13.1. The average Bonchev–Trinajstić information content (AvgIpc) is 3.86. The SMILES string of the molecule is O=C1CCC(N2Cc3c(OCCCc4ccc(CCCC(=O)Nc5cccc(-c6ccc7c(c6)[C@H]6[C@H](CCN6Cc6ccncc6)[C@@H](CO)N7)c5)nc4)cccc3C2=O)C(=O)N1. The first-order chi connectivity index (χ1) is 30.3. The number of hydrogen-bond acceptors (Lipinski definition) is 10. The highest BCUT2D eigenvalue weighted by Gasteiger charge is 2.44. The second-order valence-electron chi connectivity index (χ2n) is 16.7. The highest BCUT2D eigenvalue weighted by atomic mass is 16.5. The summed E-state index contributed by atoms with van der Waals surface area (Å²) >= 11 is 0. The zero-order chi connectivity index (χ0) is 42.6. The van der Waals surface area contributed by atoms with Gasteiger partial charge in [-0.25, -0.2) is 0 Å². The minimum Gasteiger partial charge on any atom is -0.493 e. The number of likely N-dealkylation sites (tertiary alicyclic amines) is 1. The number of aromatic nitrogens is 2. The molecule has 13 heteroatoms. The van der Waals surface area contributed by atoms with Crippen LogP contribution in [0.1, 0.15) is 82.9 Å². The summed E-state index contributed by atoms with van der Waals surface area (Å²) in [6.45, 7) is 2.60. The molecule has 1 unspecified atom stereocenters. The molecule has 0 radical (unpaired) electrons. The molecule has 0 spiro atoms. The number of anilines is 2. The van der Waals surface area contributed by atoms with Crippen molar-refractivity contribution in [3.63, 3.8) is 0 Å². The zero-order valence-corrected chi connectivity index (χ0v) is 34.6. The van der Waals surface area contributed by atoms with E-state index in [0.29, 0.717) is 49.5 Å². The lowest BCUT2D eigenvalue weighted by atomic mass is 9.82. The maximum absolute atomic E-state index is 13.1. The average molecular weight is 834 g/mol. The molecule has 9 rings (SSSR count). The van der Waals surface area contributed by atoms with Crippen molar-refractivity contribution in [3.05, 3.63) is 137 Å². The van der Waals surface area contributed by atoms with Crippen molar-refractivity contribution in [2.24, 2.45) is 5.92 Å². The molecule has 0 aliphatic carbocycles. The van der Waals surface area contributed by atoms with E-state index in [-0.39, 0.29) is 49.4 Å². The molecular formula is C49H51N7O6. The number of imide groups is 1. The lowest BCUT2D eigenvalue weighted by Crippen LogP contribution is -2.52. The van der Waals surface area contributed by atoms with Crippen molar-refractivity contribution in [1.29, 1.82) is 0 Å². The predicted octanol–water partition coefficient (Wildman–Crippen LogP) is 6.23. The molecule has 4 aliphatic rings. The summed E-state index contributed by atoms with van der Waals surface area (Å²) < 4.78 is 6.13. The predicted molar refractivity (Wildman–Crippen MR) is 234 cm³/mol. The molecule has 4 amide bonds. The quantitative estimate of drug-likeness (QED) is 0.0703. The highest BCUT2D eigenvalue weighted by molar-refractivity contribution is 6.05. The molecule has 318 valence electrons. The van der Waals surface area contributed by atoms with Gasteiger partial charge in [0.25, 0.3) is 5.91 Å². The largest absolute Gasteiger partial charge is 0.493 e. The molecule has 4 aliphatic heterocycles. The summed E-state index contributed by atoms with van der Waals surface area (Å²) in [5.41, 5.74) is 9.70. The van der Waals surface area contributed by atoms with Gasteiger partial charge >= 0.3 is 0 Å². The lowest BCUT2D eigenvalue weighted by Gasteiger charge is -2.39. The Labute approximate surface area is 360 Å². The number of aliphatic hydroxyl groups excluding tert-OH is 1. The Bertz CT molecular complexity index is 2460. The van der Waals surface area contributed by atoms with Gasteiger partial charge < -0.3 is 25.4 Å².